The van der Waals surface area contributed by atoms with Crippen molar-refractivity contribution in [3.05, 3.63) is 144 Å². The molecule has 4 atom stereocenters. The third-order valence-electron chi connectivity index (χ3n) is 14.0. The standard InChI is InChI=1S/C63H73NO13/c1-7-62(4,57(66)47-18-26-49(27-19-47)64-55(65)36-17-44-15-28-50(70-6)29-16-44)43-63(5,42-61(2,3)59(68)77-56-14-10-13-38-72-56)60(69)73-39-12-9-8-11-37-71-51-32-24-48(25-33-51)58(67)76-53-34-22-46(23-35-53)45-20-30-52(31-21-45)74-40-54-41-75-54/h15-36,54,56H,7-14,37-43H2,1-6H3,(H,64,65)/b36-17+. The number of esters is 3. The molecule has 1 N–H and O–H groups in total. The number of amides is 1. The third kappa shape index (κ3) is 17.1. The van der Waals surface area contributed by atoms with Crippen LogP contribution in [-0.2, 0) is 33.3 Å². The Kier molecular flexibility index (Phi) is 20.2. The van der Waals surface area contributed by atoms with Gasteiger partial charge in [-0.25, -0.2) is 4.79 Å². The molecule has 2 aliphatic heterocycles. The molecule has 0 aromatic heterocycles. The normalized spacial score (nSPS) is 16.8. The summed E-state index contributed by atoms with van der Waals surface area (Å²) in [6.07, 6.45) is 8.62. The molecule has 7 rings (SSSR count). The van der Waals surface area contributed by atoms with Crippen LogP contribution in [0.5, 0.6) is 23.0 Å². The first-order valence-corrected chi connectivity index (χ1v) is 26.7. The van der Waals surface area contributed by atoms with E-state index in [0.717, 1.165) is 66.9 Å². The molecule has 0 aliphatic carbocycles. The number of benzene rings is 5. The lowest BCUT2D eigenvalue weighted by molar-refractivity contribution is -0.198. The molecule has 14 nitrogen and oxygen atoms in total. The van der Waals surface area contributed by atoms with E-state index in [1.54, 1.807) is 94.6 Å². The van der Waals surface area contributed by atoms with Crippen molar-refractivity contribution >= 4 is 41.4 Å². The van der Waals surface area contributed by atoms with Crippen molar-refractivity contribution in [2.24, 2.45) is 16.2 Å². The summed E-state index contributed by atoms with van der Waals surface area (Å²) in [5, 5.41) is 2.84. The van der Waals surface area contributed by atoms with Crippen LogP contribution in [0.4, 0.5) is 5.69 Å². The second kappa shape index (κ2) is 27.2. The van der Waals surface area contributed by atoms with Crippen LogP contribution in [0.1, 0.15) is 125 Å². The van der Waals surface area contributed by atoms with Crippen LogP contribution in [0.15, 0.2) is 127 Å². The van der Waals surface area contributed by atoms with Crippen molar-refractivity contribution in [1.29, 1.82) is 0 Å². The second-order valence-electron chi connectivity index (χ2n) is 21.0. The maximum Gasteiger partial charge on any atom is 0.343 e. The summed E-state index contributed by atoms with van der Waals surface area (Å²) >= 11 is 0. The van der Waals surface area contributed by atoms with Crippen LogP contribution in [0.2, 0.25) is 0 Å². The molecule has 2 fully saturated rings. The number of Topliss-reactive ketones (excluding diaryl/α,β-unsaturated/α-hetero) is 1. The van der Waals surface area contributed by atoms with Gasteiger partial charge in [0.2, 0.25) is 12.2 Å². The molecule has 0 spiro atoms. The molecule has 14 heteroatoms. The number of ether oxygens (including phenoxy) is 8. The number of rotatable bonds is 28. The number of methoxy groups -OCH3 is 1. The van der Waals surface area contributed by atoms with E-state index in [9.17, 15) is 24.0 Å². The van der Waals surface area contributed by atoms with E-state index in [0.29, 0.717) is 67.4 Å². The zero-order chi connectivity index (χ0) is 54.8. The van der Waals surface area contributed by atoms with E-state index in [-0.39, 0.29) is 37.2 Å². The van der Waals surface area contributed by atoms with Crippen LogP contribution in [0.25, 0.3) is 17.2 Å². The van der Waals surface area contributed by atoms with Gasteiger partial charge in [0.05, 0.1) is 49.9 Å². The highest BCUT2D eigenvalue weighted by Gasteiger charge is 2.49. The highest BCUT2D eigenvalue weighted by atomic mass is 16.7. The van der Waals surface area contributed by atoms with Crippen LogP contribution in [0.3, 0.4) is 0 Å². The summed E-state index contributed by atoms with van der Waals surface area (Å²) in [6.45, 7) is 11.5. The lowest BCUT2D eigenvalue weighted by atomic mass is 9.63. The van der Waals surface area contributed by atoms with Gasteiger partial charge in [0, 0.05) is 29.2 Å². The molecule has 408 valence electrons. The van der Waals surface area contributed by atoms with Gasteiger partial charge in [0.15, 0.2) is 5.78 Å². The first kappa shape index (κ1) is 57.4. The fourth-order valence-electron chi connectivity index (χ4n) is 9.44. The predicted octanol–water partition coefficient (Wildman–Crippen LogP) is 12.7. The smallest absolute Gasteiger partial charge is 0.343 e. The lowest BCUT2D eigenvalue weighted by Gasteiger charge is -2.40. The molecule has 5 aromatic carbocycles. The molecule has 0 saturated carbocycles. The van der Waals surface area contributed by atoms with E-state index < -0.39 is 40.4 Å². The summed E-state index contributed by atoms with van der Waals surface area (Å²) in [5.74, 6) is 0.626. The monoisotopic (exact) mass is 1050 g/mol. The van der Waals surface area contributed by atoms with E-state index in [1.165, 1.54) is 6.08 Å². The number of epoxide rings is 1. The molecule has 0 radical (unpaired) electrons. The molecule has 0 bridgehead atoms. The van der Waals surface area contributed by atoms with Crippen molar-refractivity contribution in [3.63, 3.8) is 0 Å². The number of carbonyl (C=O) groups excluding carboxylic acids is 5. The minimum Gasteiger partial charge on any atom is -0.497 e. The van der Waals surface area contributed by atoms with E-state index in [2.05, 4.69) is 5.32 Å². The van der Waals surface area contributed by atoms with Crippen LogP contribution >= 0.6 is 0 Å². The Morgan fingerprint density at radius 3 is 1.84 bits per heavy atom. The van der Waals surface area contributed by atoms with E-state index in [1.807, 2.05) is 74.5 Å². The van der Waals surface area contributed by atoms with Gasteiger partial charge in [0.1, 0.15) is 35.7 Å². The van der Waals surface area contributed by atoms with E-state index in [4.69, 9.17) is 37.9 Å². The summed E-state index contributed by atoms with van der Waals surface area (Å²) in [5.41, 5.74) is 0.756. The number of unbranched alkanes of at least 4 members (excludes halogenated alkanes) is 3. The Hall–Kier alpha value is -7.29. The molecule has 5 aromatic rings. The number of nitrogens with one attached hydrogen (secondary N) is 1. The van der Waals surface area contributed by atoms with Gasteiger partial charge in [0.25, 0.3) is 0 Å². The number of hydrogen-bond donors (Lipinski definition) is 1. The van der Waals surface area contributed by atoms with Crippen molar-refractivity contribution in [3.8, 4) is 34.1 Å². The van der Waals surface area contributed by atoms with Gasteiger partial charge < -0.3 is 43.2 Å². The topological polar surface area (TPSA) is 175 Å². The summed E-state index contributed by atoms with van der Waals surface area (Å²) < 4.78 is 45.2. The maximum atomic E-state index is 14.5. The van der Waals surface area contributed by atoms with Crippen molar-refractivity contribution < 1.29 is 61.9 Å². The quantitative estimate of drug-likeness (QED) is 0.0125. The largest absolute Gasteiger partial charge is 0.497 e. The minimum absolute atomic E-state index is 0.0696. The van der Waals surface area contributed by atoms with Gasteiger partial charge >= 0.3 is 17.9 Å². The van der Waals surface area contributed by atoms with Crippen molar-refractivity contribution in [1.82, 2.24) is 0 Å². The third-order valence-corrected chi connectivity index (χ3v) is 14.0. The highest BCUT2D eigenvalue weighted by Crippen LogP contribution is 2.47. The molecular weight excluding hydrogens is 979 g/mol. The Labute approximate surface area is 452 Å². The van der Waals surface area contributed by atoms with Crippen LogP contribution < -0.4 is 24.3 Å². The van der Waals surface area contributed by atoms with Gasteiger partial charge in [-0.3, -0.25) is 19.2 Å². The number of ketones is 1. The van der Waals surface area contributed by atoms with Crippen LogP contribution in [-0.4, -0.2) is 82.1 Å². The van der Waals surface area contributed by atoms with Crippen LogP contribution in [0, 0.1) is 16.2 Å². The molecule has 4 unspecified atom stereocenters. The van der Waals surface area contributed by atoms with Gasteiger partial charge in [-0.2, -0.15) is 0 Å². The second-order valence-corrected chi connectivity index (χ2v) is 21.0. The highest BCUT2D eigenvalue weighted by molar-refractivity contribution is 6.03. The number of hydrogen-bond acceptors (Lipinski definition) is 13. The average molecular weight is 1050 g/mol. The molecule has 2 saturated heterocycles. The lowest BCUT2D eigenvalue weighted by Crippen LogP contribution is -2.44. The SMILES string of the molecule is CCC(C)(CC(C)(CC(C)(C)C(=O)OC1CCCCO1)C(=O)OCCCCCCOc1ccc(C(=O)Oc2ccc(-c3ccc(OCC4CO4)cc3)cc2)cc1)C(=O)c1ccc(NC(=O)/C=C/c2ccc(OC)cc2)cc1. The molecule has 77 heavy (non-hydrogen) atoms. The number of anilines is 1. The summed E-state index contributed by atoms with van der Waals surface area (Å²) in [4.78, 5) is 68.2. The molecule has 1 amide bonds. The van der Waals surface area contributed by atoms with E-state index >= 15 is 0 Å². The summed E-state index contributed by atoms with van der Waals surface area (Å²) in [7, 11) is 1.59. The van der Waals surface area contributed by atoms with Crippen molar-refractivity contribution in [2.45, 2.75) is 111 Å². The average Bonchev–Trinajstić information content (AvgIpc) is 4.29. The fraction of sp³-hybridized carbons (Fsp3) is 0.413. The first-order valence-electron chi connectivity index (χ1n) is 26.7. The molecular formula is C63H73NO13. The molecule has 2 heterocycles. The minimum atomic E-state index is -1.26. The maximum absolute atomic E-state index is 14.5. The molecule has 2 aliphatic rings. The van der Waals surface area contributed by atoms with Gasteiger partial charge in [-0.15, -0.1) is 0 Å². The van der Waals surface area contributed by atoms with Crippen molar-refractivity contribution in [2.75, 3.05) is 45.5 Å². The van der Waals surface area contributed by atoms with Gasteiger partial charge in [-0.1, -0.05) is 50.2 Å². The Morgan fingerprint density at radius 2 is 1.23 bits per heavy atom. The fourth-order valence-corrected chi connectivity index (χ4v) is 9.44. The van der Waals surface area contributed by atoms with Gasteiger partial charge in [-0.05, 0) is 186 Å². The first-order chi connectivity index (χ1) is 37.0. The zero-order valence-corrected chi connectivity index (χ0v) is 45.3. The zero-order valence-electron chi connectivity index (χ0n) is 45.3. The number of carbonyl (C=O) groups is 5. The Morgan fingerprint density at radius 1 is 0.636 bits per heavy atom. The Bertz CT molecular complexity index is 2760. The Balaban J connectivity index is 0.871. The summed E-state index contributed by atoms with van der Waals surface area (Å²) in [6, 6.07) is 36.0. The predicted molar refractivity (Wildman–Crippen MR) is 294 cm³/mol.